The molecule has 1 amide bonds. The topological polar surface area (TPSA) is 55.4 Å². The average molecular weight is 295 g/mol. The van der Waals surface area contributed by atoms with Gasteiger partial charge in [0.25, 0.3) is 5.91 Å². The average Bonchev–Trinajstić information content (AvgIpc) is 2.96. The fourth-order valence-corrected chi connectivity index (χ4v) is 3.65. The van der Waals surface area contributed by atoms with Gasteiger partial charge >= 0.3 is 5.97 Å². The summed E-state index contributed by atoms with van der Waals surface area (Å²) in [7, 11) is 1.35. The van der Waals surface area contributed by atoms with Gasteiger partial charge in [0, 0.05) is 4.88 Å². The minimum atomic E-state index is -0.565. The molecule has 1 N–H and O–H groups in total. The van der Waals surface area contributed by atoms with E-state index in [0.717, 1.165) is 12.8 Å². The van der Waals surface area contributed by atoms with Gasteiger partial charge < -0.3 is 10.1 Å². The standard InChI is InChI=1S/C15H21NO3S/c1-9(2)7-11(15(18)19-3)16-14(17)13-8-10-5-4-6-12(10)20-13/h8-9,11H,4-7H2,1-3H3,(H,16,17)/t11-/m1/s1. The van der Waals surface area contributed by atoms with Crippen molar-refractivity contribution in [1.29, 1.82) is 0 Å². The molecule has 1 aromatic heterocycles. The number of nitrogens with one attached hydrogen (secondary N) is 1. The molecule has 1 heterocycles. The maximum atomic E-state index is 12.3. The summed E-state index contributed by atoms with van der Waals surface area (Å²) in [6.45, 7) is 4.03. The van der Waals surface area contributed by atoms with Crippen LogP contribution in [0.25, 0.3) is 0 Å². The van der Waals surface area contributed by atoms with Crippen molar-refractivity contribution in [2.75, 3.05) is 7.11 Å². The zero-order chi connectivity index (χ0) is 14.7. The number of hydrogen-bond acceptors (Lipinski definition) is 4. The summed E-state index contributed by atoms with van der Waals surface area (Å²) in [5, 5.41) is 2.80. The number of amides is 1. The highest BCUT2D eigenvalue weighted by atomic mass is 32.1. The number of carbonyl (C=O) groups excluding carboxylic acids is 2. The van der Waals surface area contributed by atoms with Gasteiger partial charge in [0.15, 0.2) is 0 Å². The Balaban J connectivity index is 2.05. The van der Waals surface area contributed by atoms with Crippen LogP contribution in [0.4, 0.5) is 0 Å². The molecule has 1 aliphatic rings. The highest BCUT2D eigenvalue weighted by molar-refractivity contribution is 7.14. The summed E-state index contributed by atoms with van der Waals surface area (Å²) in [5.41, 5.74) is 1.29. The van der Waals surface area contributed by atoms with Crippen molar-refractivity contribution in [1.82, 2.24) is 5.32 Å². The predicted molar refractivity (Wildman–Crippen MR) is 79.1 cm³/mol. The van der Waals surface area contributed by atoms with Gasteiger partial charge in [-0.1, -0.05) is 13.8 Å². The molecule has 5 heteroatoms. The van der Waals surface area contributed by atoms with Crippen molar-refractivity contribution in [2.24, 2.45) is 5.92 Å². The molecule has 0 aromatic carbocycles. The largest absolute Gasteiger partial charge is 0.467 e. The second-order valence-electron chi connectivity index (χ2n) is 5.59. The van der Waals surface area contributed by atoms with Crippen LogP contribution in [-0.2, 0) is 22.4 Å². The molecule has 0 unspecified atom stereocenters. The number of fused-ring (bicyclic) bond motifs is 1. The molecule has 2 rings (SSSR count). The first kappa shape index (κ1) is 15.0. The minimum Gasteiger partial charge on any atom is -0.467 e. The van der Waals surface area contributed by atoms with Crippen LogP contribution in [-0.4, -0.2) is 25.0 Å². The number of methoxy groups -OCH3 is 1. The summed E-state index contributed by atoms with van der Waals surface area (Å²) < 4.78 is 4.76. The molecule has 4 nitrogen and oxygen atoms in total. The summed E-state index contributed by atoms with van der Waals surface area (Å²) in [6.07, 6.45) is 3.90. The number of ether oxygens (including phenoxy) is 1. The lowest BCUT2D eigenvalue weighted by molar-refractivity contribution is -0.143. The van der Waals surface area contributed by atoms with E-state index in [2.05, 4.69) is 5.32 Å². The number of aryl methyl sites for hydroxylation is 2. The summed E-state index contributed by atoms with van der Waals surface area (Å²) in [4.78, 5) is 26.0. The lowest BCUT2D eigenvalue weighted by Crippen LogP contribution is -2.42. The Morgan fingerprint density at radius 3 is 2.75 bits per heavy atom. The Morgan fingerprint density at radius 2 is 2.15 bits per heavy atom. The van der Waals surface area contributed by atoms with Crippen LogP contribution in [0.2, 0.25) is 0 Å². The van der Waals surface area contributed by atoms with Gasteiger partial charge in [-0.2, -0.15) is 0 Å². The normalized spacial score (nSPS) is 15.0. The third-order valence-electron chi connectivity index (χ3n) is 3.47. The molecule has 20 heavy (non-hydrogen) atoms. The van der Waals surface area contributed by atoms with Gasteiger partial charge in [-0.05, 0) is 43.2 Å². The molecule has 0 bridgehead atoms. The molecule has 1 atom stereocenters. The molecule has 0 fully saturated rings. The smallest absolute Gasteiger partial charge is 0.328 e. The van der Waals surface area contributed by atoms with Gasteiger partial charge in [-0.25, -0.2) is 4.79 Å². The van der Waals surface area contributed by atoms with Gasteiger partial charge in [0.1, 0.15) is 6.04 Å². The van der Waals surface area contributed by atoms with Gasteiger partial charge in [0.2, 0.25) is 0 Å². The summed E-state index contributed by atoms with van der Waals surface area (Å²) >= 11 is 1.55. The van der Waals surface area contributed by atoms with Crippen molar-refractivity contribution in [3.8, 4) is 0 Å². The van der Waals surface area contributed by atoms with Crippen LogP contribution in [0.3, 0.4) is 0 Å². The molecule has 0 spiro atoms. The lowest BCUT2D eigenvalue weighted by Gasteiger charge is -2.17. The van der Waals surface area contributed by atoms with E-state index in [9.17, 15) is 9.59 Å². The van der Waals surface area contributed by atoms with Crippen LogP contribution in [0.1, 0.15) is 46.8 Å². The van der Waals surface area contributed by atoms with E-state index in [-0.39, 0.29) is 11.9 Å². The van der Waals surface area contributed by atoms with E-state index >= 15 is 0 Å². The van der Waals surface area contributed by atoms with Crippen molar-refractivity contribution < 1.29 is 14.3 Å². The Hall–Kier alpha value is -1.36. The first-order valence-electron chi connectivity index (χ1n) is 7.01. The van der Waals surface area contributed by atoms with E-state index in [4.69, 9.17) is 4.74 Å². The number of carbonyl (C=O) groups is 2. The highest BCUT2D eigenvalue weighted by Crippen LogP contribution is 2.30. The third kappa shape index (κ3) is 3.39. The lowest BCUT2D eigenvalue weighted by atomic mass is 10.0. The number of hydrogen-bond donors (Lipinski definition) is 1. The maximum Gasteiger partial charge on any atom is 0.328 e. The first-order valence-corrected chi connectivity index (χ1v) is 7.83. The van der Waals surface area contributed by atoms with E-state index in [1.165, 1.54) is 24.0 Å². The highest BCUT2D eigenvalue weighted by Gasteiger charge is 2.25. The van der Waals surface area contributed by atoms with E-state index < -0.39 is 6.04 Å². The minimum absolute atomic E-state index is 0.166. The van der Waals surface area contributed by atoms with Crippen molar-refractivity contribution in [3.05, 3.63) is 21.4 Å². The molecule has 0 saturated heterocycles. The SMILES string of the molecule is COC(=O)[C@@H](CC(C)C)NC(=O)c1cc2c(s1)CCC2. The zero-order valence-electron chi connectivity index (χ0n) is 12.2. The van der Waals surface area contributed by atoms with Crippen LogP contribution in [0.5, 0.6) is 0 Å². The fourth-order valence-electron chi connectivity index (χ4n) is 2.50. The summed E-state index contributed by atoms with van der Waals surface area (Å²) in [5.74, 6) is -0.232. The van der Waals surface area contributed by atoms with Gasteiger partial charge in [-0.15, -0.1) is 11.3 Å². The predicted octanol–water partition coefficient (Wildman–Crippen LogP) is 2.55. The second kappa shape index (κ2) is 6.39. The van der Waals surface area contributed by atoms with E-state index in [0.29, 0.717) is 17.2 Å². The molecule has 1 aromatic rings. The number of thiophene rings is 1. The van der Waals surface area contributed by atoms with Crippen molar-refractivity contribution in [3.63, 3.8) is 0 Å². The van der Waals surface area contributed by atoms with Crippen LogP contribution >= 0.6 is 11.3 Å². The van der Waals surface area contributed by atoms with Crippen LogP contribution < -0.4 is 5.32 Å². The molecule has 1 aliphatic carbocycles. The van der Waals surface area contributed by atoms with Gasteiger partial charge in [0.05, 0.1) is 12.0 Å². The van der Waals surface area contributed by atoms with E-state index in [1.54, 1.807) is 11.3 Å². The molecule has 110 valence electrons. The fraction of sp³-hybridized carbons (Fsp3) is 0.600. The number of rotatable bonds is 5. The molecule has 0 saturated carbocycles. The van der Waals surface area contributed by atoms with Crippen LogP contribution in [0, 0.1) is 5.92 Å². The Morgan fingerprint density at radius 1 is 1.40 bits per heavy atom. The Labute approximate surface area is 123 Å². The van der Waals surface area contributed by atoms with Crippen LogP contribution in [0.15, 0.2) is 6.07 Å². The van der Waals surface area contributed by atoms with Crippen molar-refractivity contribution in [2.45, 2.75) is 45.6 Å². The maximum absolute atomic E-state index is 12.3. The zero-order valence-corrected chi connectivity index (χ0v) is 13.0. The second-order valence-corrected chi connectivity index (χ2v) is 6.73. The quantitative estimate of drug-likeness (QED) is 0.849. The summed E-state index contributed by atoms with van der Waals surface area (Å²) in [6, 6.07) is 1.40. The number of esters is 1. The molecular formula is C15H21NO3S. The molecular weight excluding hydrogens is 274 g/mol. The third-order valence-corrected chi connectivity index (χ3v) is 4.70. The molecule has 0 aliphatic heterocycles. The van der Waals surface area contributed by atoms with Gasteiger partial charge in [-0.3, -0.25) is 4.79 Å². The first-order chi connectivity index (χ1) is 9.51. The Bertz CT molecular complexity index is 486. The van der Waals surface area contributed by atoms with Crippen molar-refractivity contribution >= 4 is 23.2 Å². The Kier molecular flexibility index (Phi) is 4.81. The molecule has 0 radical (unpaired) electrons. The monoisotopic (exact) mass is 295 g/mol. The van der Waals surface area contributed by atoms with E-state index in [1.807, 2.05) is 19.9 Å².